The Kier molecular flexibility index (Phi) is 8.87. The van der Waals surface area contributed by atoms with E-state index in [1.165, 1.54) is 19.1 Å². The molecule has 10 nitrogen and oxygen atoms in total. The number of alkyl carbamates (subject to hydrolysis) is 1. The molecule has 3 N–H and O–H groups in total. The number of aliphatic hydroxyl groups excluding tert-OH is 1. The number of epoxide rings is 1. The van der Waals surface area contributed by atoms with Crippen molar-refractivity contribution in [3.8, 4) is 5.75 Å². The average molecular weight is 579 g/mol. The summed E-state index contributed by atoms with van der Waals surface area (Å²) >= 11 is 6.60. The molecule has 40 heavy (non-hydrogen) atoms. The molecule has 3 aliphatic heterocycles. The topological polar surface area (TPSA) is 130 Å². The summed E-state index contributed by atoms with van der Waals surface area (Å²) in [7, 11) is 4.58. The first-order chi connectivity index (χ1) is 18.9. The maximum absolute atomic E-state index is 13.3. The summed E-state index contributed by atoms with van der Waals surface area (Å²) in [6.45, 7) is 5.61. The Labute approximate surface area is 239 Å². The molecule has 1 aromatic rings. The minimum absolute atomic E-state index is 0.0423. The van der Waals surface area contributed by atoms with Crippen molar-refractivity contribution in [3.63, 3.8) is 0 Å². The van der Waals surface area contributed by atoms with Gasteiger partial charge in [0.2, 0.25) is 5.91 Å². The van der Waals surface area contributed by atoms with Crippen molar-refractivity contribution in [2.75, 3.05) is 26.2 Å². The van der Waals surface area contributed by atoms with Crippen LogP contribution >= 0.6 is 11.6 Å². The number of carbonyl (C=O) groups excluding carboxylic acids is 2. The van der Waals surface area contributed by atoms with Crippen molar-refractivity contribution >= 4 is 29.3 Å². The van der Waals surface area contributed by atoms with Crippen LogP contribution in [0.15, 0.2) is 35.9 Å². The molecule has 11 heteroatoms. The van der Waals surface area contributed by atoms with E-state index < -0.39 is 41.8 Å². The highest BCUT2D eigenvalue weighted by Crippen LogP contribution is 2.49. The number of benzene rings is 1. The van der Waals surface area contributed by atoms with Gasteiger partial charge in [0.25, 0.3) is 0 Å². The van der Waals surface area contributed by atoms with Gasteiger partial charge in [-0.25, -0.2) is 4.79 Å². The molecule has 1 aromatic carbocycles. The molecular weight excluding hydrogens is 540 g/mol. The first kappa shape index (κ1) is 30.3. The van der Waals surface area contributed by atoms with E-state index in [4.69, 9.17) is 30.5 Å². The molecule has 3 aliphatic rings. The summed E-state index contributed by atoms with van der Waals surface area (Å²) in [6, 6.07) is 3.64. The monoisotopic (exact) mass is 578 g/mol. The van der Waals surface area contributed by atoms with Gasteiger partial charge in [-0.1, -0.05) is 42.3 Å². The fraction of sp³-hybridized carbons (Fsp3) is 0.586. The Balaban J connectivity index is 1.76. The number of ether oxygens (including phenoxy) is 4. The molecule has 220 valence electrons. The summed E-state index contributed by atoms with van der Waals surface area (Å²) < 4.78 is 22.7. The summed E-state index contributed by atoms with van der Waals surface area (Å²) in [4.78, 5) is 27.3. The first-order valence-corrected chi connectivity index (χ1v) is 13.8. The Morgan fingerprint density at radius 2 is 2.00 bits per heavy atom. The number of rotatable bonds is 3. The van der Waals surface area contributed by atoms with Crippen molar-refractivity contribution < 1.29 is 38.7 Å². The zero-order chi connectivity index (χ0) is 29.4. The Hall–Kier alpha value is -2.63. The van der Waals surface area contributed by atoms with Gasteiger partial charge in [0.15, 0.2) is 5.72 Å². The third kappa shape index (κ3) is 5.87. The number of nitrogens with zero attached hydrogens (tertiary/aromatic N) is 1. The lowest BCUT2D eigenvalue weighted by atomic mass is 9.81. The minimum Gasteiger partial charge on any atom is -0.495 e. The number of hydrogen-bond acceptors (Lipinski definition) is 8. The number of methoxy groups -OCH3 is 2. The molecule has 7 atom stereocenters. The largest absolute Gasteiger partial charge is 0.495 e. The van der Waals surface area contributed by atoms with Gasteiger partial charge in [-0.3, -0.25) is 10.1 Å². The van der Waals surface area contributed by atoms with Gasteiger partial charge >= 0.3 is 6.09 Å². The van der Waals surface area contributed by atoms with E-state index >= 15 is 0 Å². The number of carbonyl (C=O) groups is 2. The lowest BCUT2D eigenvalue weighted by Gasteiger charge is -2.42. The van der Waals surface area contributed by atoms with Crippen LogP contribution < -0.4 is 15.0 Å². The standard InChI is InChI=1S/C29H39ClN2O8/c1-7-18-21-15-29(36,31-27(35)39-21)23(38-6)10-8-9-16(2)11-17-12-19(25(30)20(13-17)37-5)32(4)24(34)14-22(33)28(3)26(18)40-28/h8-10,12-13,18,21-23,26,33,36H,7,11,14-15H2,1-6H3,(H,31,35)/b10-8+,16-9+. The first-order valence-electron chi connectivity index (χ1n) is 13.4. The molecule has 7 unspecified atom stereocenters. The molecule has 3 heterocycles. The van der Waals surface area contributed by atoms with Crippen molar-refractivity contribution in [1.29, 1.82) is 0 Å². The summed E-state index contributed by atoms with van der Waals surface area (Å²) in [6.07, 6.45) is 2.26. The number of fused-ring (bicyclic) bond motifs is 5. The summed E-state index contributed by atoms with van der Waals surface area (Å²) in [5.41, 5.74) is -0.472. The highest BCUT2D eigenvalue weighted by atomic mass is 35.5. The molecule has 0 spiro atoms. The normalized spacial score (nSPS) is 37.0. The van der Waals surface area contributed by atoms with Crippen molar-refractivity contribution in [2.45, 2.75) is 82.2 Å². The van der Waals surface area contributed by atoms with Crippen LogP contribution in [0.25, 0.3) is 0 Å². The van der Waals surface area contributed by atoms with E-state index in [0.29, 0.717) is 29.3 Å². The lowest BCUT2D eigenvalue weighted by Crippen LogP contribution is -2.63. The average Bonchev–Trinajstić information content (AvgIpc) is 3.58. The lowest BCUT2D eigenvalue weighted by molar-refractivity contribution is -0.143. The SMILES string of the molecule is CCC1C2CC(O)(NC(=O)O2)C(OC)/C=C/C=C(\C)Cc2cc(OC)c(Cl)c(c2)N(C)C(=O)CC(O)C2(C)OC12. The third-order valence-electron chi connectivity index (χ3n) is 8.25. The number of anilines is 1. The van der Waals surface area contributed by atoms with E-state index in [0.717, 1.165) is 11.1 Å². The smallest absolute Gasteiger partial charge is 0.409 e. The highest BCUT2D eigenvalue weighted by Gasteiger charge is 2.63. The molecule has 4 rings (SSSR count). The van der Waals surface area contributed by atoms with Crippen molar-refractivity contribution in [3.05, 3.63) is 46.5 Å². The maximum Gasteiger partial charge on any atom is 0.409 e. The Morgan fingerprint density at radius 3 is 2.65 bits per heavy atom. The van der Waals surface area contributed by atoms with Gasteiger partial charge in [-0.15, -0.1) is 0 Å². The number of halogens is 1. The van der Waals surface area contributed by atoms with E-state index in [1.807, 2.05) is 32.1 Å². The van der Waals surface area contributed by atoms with Crippen LogP contribution in [-0.4, -0.2) is 79.2 Å². The minimum atomic E-state index is -1.73. The number of aliphatic hydroxyl groups is 2. The molecular formula is C29H39ClN2O8. The van der Waals surface area contributed by atoms with E-state index in [2.05, 4.69) is 5.32 Å². The van der Waals surface area contributed by atoms with E-state index in [1.54, 1.807) is 26.1 Å². The second kappa shape index (κ2) is 11.7. The zero-order valence-electron chi connectivity index (χ0n) is 23.8. The number of amides is 2. The predicted octanol–water partition coefficient (Wildman–Crippen LogP) is 3.51. The molecule has 4 bridgehead atoms. The van der Waals surface area contributed by atoms with Crippen LogP contribution in [0.1, 0.15) is 45.6 Å². The highest BCUT2D eigenvalue weighted by molar-refractivity contribution is 6.35. The van der Waals surface area contributed by atoms with Gasteiger partial charge in [0, 0.05) is 26.5 Å². The third-order valence-corrected chi connectivity index (χ3v) is 8.63. The van der Waals surface area contributed by atoms with Crippen LogP contribution in [0.2, 0.25) is 5.02 Å². The zero-order valence-corrected chi connectivity index (χ0v) is 24.5. The number of allylic oxidation sites excluding steroid dienone is 3. The van der Waals surface area contributed by atoms with Crippen LogP contribution in [0.3, 0.4) is 0 Å². The number of nitrogens with one attached hydrogen (secondary N) is 1. The fourth-order valence-corrected chi connectivity index (χ4v) is 6.08. The molecule has 0 aliphatic carbocycles. The van der Waals surface area contributed by atoms with Crippen molar-refractivity contribution in [1.82, 2.24) is 5.32 Å². The van der Waals surface area contributed by atoms with Crippen molar-refractivity contribution in [2.24, 2.45) is 5.92 Å². The Morgan fingerprint density at radius 1 is 1.27 bits per heavy atom. The van der Waals surface area contributed by atoms with Gasteiger partial charge < -0.3 is 34.1 Å². The van der Waals surface area contributed by atoms with E-state index in [-0.39, 0.29) is 24.7 Å². The Bertz CT molecular complexity index is 1200. The quantitative estimate of drug-likeness (QED) is 0.465. The molecule has 0 saturated carbocycles. The molecule has 2 fully saturated rings. The van der Waals surface area contributed by atoms with Crippen LogP contribution in [-0.2, 0) is 25.4 Å². The number of hydrogen-bond donors (Lipinski definition) is 3. The second-order valence-corrected chi connectivity index (χ2v) is 11.4. The molecule has 2 amide bonds. The fourth-order valence-electron chi connectivity index (χ4n) is 5.77. The van der Waals surface area contributed by atoms with Crippen LogP contribution in [0.5, 0.6) is 5.75 Å². The molecule has 0 radical (unpaired) electrons. The second-order valence-electron chi connectivity index (χ2n) is 11.0. The van der Waals surface area contributed by atoms with Gasteiger partial charge in [0.1, 0.15) is 28.6 Å². The van der Waals surface area contributed by atoms with Gasteiger partial charge in [-0.2, -0.15) is 0 Å². The van der Waals surface area contributed by atoms with E-state index in [9.17, 15) is 19.8 Å². The molecule has 0 aromatic heterocycles. The van der Waals surface area contributed by atoms with Crippen LogP contribution in [0, 0.1) is 5.92 Å². The molecule has 2 saturated heterocycles. The van der Waals surface area contributed by atoms with Crippen LogP contribution in [0.4, 0.5) is 10.5 Å². The maximum atomic E-state index is 13.3. The summed E-state index contributed by atoms with van der Waals surface area (Å²) in [5.74, 6) is -0.265. The predicted molar refractivity (Wildman–Crippen MR) is 149 cm³/mol. The van der Waals surface area contributed by atoms with Gasteiger partial charge in [-0.05, 0) is 44.4 Å². The van der Waals surface area contributed by atoms with Gasteiger partial charge in [0.05, 0.1) is 31.4 Å². The summed E-state index contributed by atoms with van der Waals surface area (Å²) in [5, 5.41) is 25.5.